The lowest BCUT2D eigenvalue weighted by Crippen LogP contribution is -2.49. The van der Waals surface area contributed by atoms with Gasteiger partial charge in [0.1, 0.15) is 12.4 Å². The summed E-state index contributed by atoms with van der Waals surface area (Å²) in [4.78, 5) is 9.15. The molecular formula is C26H29Cl2N3O3. The van der Waals surface area contributed by atoms with Gasteiger partial charge in [0.25, 0.3) is 0 Å². The van der Waals surface area contributed by atoms with Crippen LogP contribution in [0.5, 0.6) is 11.6 Å². The van der Waals surface area contributed by atoms with Gasteiger partial charge in [0.15, 0.2) is 0 Å². The first kappa shape index (κ1) is 24.6. The largest absolute Gasteiger partial charge is 0.491 e. The number of methoxy groups -OCH3 is 1. The van der Waals surface area contributed by atoms with Gasteiger partial charge in [0.2, 0.25) is 5.88 Å². The summed E-state index contributed by atoms with van der Waals surface area (Å²) in [7, 11) is 1.63. The number of rotatable bonds is 9. The van der Waals surface area contributed by atoms with Gasteiger partial charge < -0.3 is 19.5 Å². The number of halogens is 2. The average Bonchev–Trinajstić information content (AvgIpc) is 2.87. The van der Waals surface area contributed by atoms with Crippen molar-refractivity contribution in [1.29, 1.82) is 0 Å². The number of hydrogen-bond acceptors (Lipinski definition) is 6. The minimum atomic E-state index is -0.0352. The molecule has 1 aliphatic rings. The number of aliphatic hydroxyl groups is 1. The number of anilines is 1. The standard InChI is InChI=1S/C26H29Cl2N3O3/c1-33-26-9-2-19(17-29-26)10-11-30-12-13-31(25(18-30)20-3-5-21(27)6-4-20)24-8-7-22(16-23(24)28)34-15-14-32/h2-9,16-17,25,32H,10-15,18H2,1H3/t25-/m0/s1. The van der Waals surface area contributed by atoms with Crippen LogP contribution < -0.4 is 14.4 Å². The van der Waals surface area contributed by atoms with E-state index in [9.17, 15) is 0 Å². The highest BCUT2D eigenvalue weighted by atomic mass is 35.5. The average molecular weight is 502 g/mol. The molecule has 1 aromatic heterocycles. The van der Waals surface area contributed by atoms with Gasteiger partial charge in [0, 0.05) is 49.5 Å². The highest BCUT2D eigenvalue weighted by Crippen LogP contribution is 2.37. The summed E-state index contributed by atoms with van der Waals surface area (Å²) < 4.78 is 10.7. The summed E-state index contributed by atoms with van der Waals surface area (Å²) in [5, 5.41) is 10.4. The van der Waals surface area contributed by atoms with Crippen LogP contribution in [-0.2, 0) is 6.42 Å². The van der Waals surface area contributed by atoms with E-state index in [1.54, 1.807) is 7.11 Å². The summed E-state index contributed by atoms with van der Waals surface area (Å²) in [6.07, 6.45) is 2.80. The van der Waals surface area contributed by atoms with Crippen LogP contribution in [0.25, 0.3) is 0 Å². The lowest BCUT2D eigenvalue weighted by Gasteiger charge is -2.43. The van der Waals surface area contributed by atoms with Gasteiger partial charge in [-0.15, -0.1) is 0 Å². The van der Waals surface area contributed by atoms with Crippen molar-refractivity contribution in [2.24, 2.45) is 0 Å². The van der Waals surface area contributed by atoms with Crippen LogP contribution in [0.2, 0.25) is 10.0 Å². The van der Waals surface area contributed by atoms with Crippen molar-refractivity contribution in [1.82, 2.24) is 9.88 Å². The van der Waals surface area contributed by atoms with Gasteiger partial charge in [0.05, 0.1) is 30.5 Å². The van der Waals surface area contributed by atoms with Crippen molar-refractivity contribution in [3.8, 4) is 11.6 Å². The molecule has 2 aromatic carbocycles. The lowest BCUT2D eigenvalue weighted by molar-refractivity contribution is 0.201. The molecule has 34 heavy (non-hydrogen) atoms. The van der Waals surface area contributed by atoms with Crippen molar-refractivity contribution in [2.45, 2.75) is 12.5 Å². The number of nitrogens with zero attached hydrogens (tertiary/aromatic N) is 3. The number of piperazine rings is 1. The van der Waals surface area contributed by atoms with Crippen molar-refractivity contribution in [2.75, 3.05) is 51.4 Å². The Morgan fingerprint density at radius 3 is 2.56 bits per heavy atom. The van der Waals surface area contributed by atoms with Gasteiger partial charge in [-0.25, -0.2) is 4.98 Å². The van der Waals surface area contributed by atoms with E-state index in [-0.39, 0.29) is 19.3 Å². The Hall–Kier alpha value is -2.51. The van der Waals surface area contributed by atoms with E-state index in [2.05, 4.69) is 33.0 Å². The minimum absolute atomic E-state index is 0.0352. The number of benzene rings is 2. The third kappa shape index (κ3) is 6.13. The molecule has 0 saturated carbocycles. The molecule has 2 heterocycles. The first-order valence-electron chi connectivity index (χ1n) is 11.3. The highest BCUT2D eigenvalue weighted by Gasteiger charge is 2.29. The number of aliphatic hydroxyl groups excluding tert-OH is 1. The summed E-state index contributed by atoms with van der Waals surface area (Å²) in [6.45, 7) is 3.77. The smallest absolute Gasteiger partial charge is 0.212 e. The molecule has 0 bridgehead atoms. The molecule has 0 spiro atoms. The molecule has 1 saturated heterocycles. The molecule has 0 radical (unpaired) electrons. The van der Waals surface area contributed by atoms with Crippen LogP contribution in [0.1, 0.15) is 17.2 Å². The molecule has 4 rings (SSSR count). The Bertz CT molecular complexity index is 1060. The Morgan fingerprint density at radius 2 is 1.88 bits per heavy atom. The fraction of sp³-hybridized carbons (Fsp3) is 0.346. The molecule has 1 N–H and O–H groups in total. The molecule has 0 amide bonds. The Kier molecular flexibility index (Phi) is 8.51. The maximum Gasteiger partial charge on any atom is 0.212 e. The van der Waals surface area contributed by atoms with Crippen LogP contribution in [-0.4, -0.2) is 61.5 Å². The van der Waals surface area contributed by atoms with Crippen LogP contribution in [0, 0.1) is 0 Å². The zero-order valence-electron chi connectivity index (χ0n) is 19.2. The van der Waals surface area contributed by atoms with Gasteiger partial charge in [-0.1, -0.05) is 41.4 Å². The fourth-order valence-corrected chi connectivity index (χ4v) is 4.65. The normalized spacial score (nSPS) is 16.5. The fourth-order valence-electron chi connectivity index (χ4n) is 4.24. The lowest BCUT2D eigenvalue weighted by atomic mass is 10.0. The monoisotopic (exact) mass is 501 g/mol. The Morgan fingerprint density at radius 1 is 1.06 bits per heavy atom. The minimum Gasteiger partial charge on any atom is -0.491 e. The molecule has 0 unspecified atom stereocenters. The third-order valence-corrected chi connectivity index (χ3v) is 6.59. The highest BCUT2D eigenvalue weighted by molar-refractivity contribution is 6.33. The SMILES string of the molecule is COc1ccc(CCN2CCN(c3ccc(OCCO)cc3Cl)[C@H](c3ccc(Cl)cc3)C2)cn1. The van der Waals surface area contributed by atoms with Gasteiger partial charge in [-0.2, -0.15) is 0 Å². The van der Waals surface area contributed by atoms with Crippen molar-refractivity contribution < 1.29 is 14.6 Å². The number of aromatic nitrogens is 1. The number of ether oxygens (including phenoxy) is 2. The van der Waals surface area contributed by atoms with E-state index in [0.717, 1.165) is 43.3 Å². The van der Waals surface area contributed by atoms with E-state index >= 15 is 0 Å². The van der Waals surface area contributed by atoms with E-state index in [4.69, 9.17) is 37.8 Å². The zero-order valence-corrected chi connectivity index (χ0v) is 20.7. The predicted molar refractivity (Wildman–Crippen MR) is 137 cm³/mol. The van der Waals surface area contributed by atoms with Crippen LogP contribution in [0.3, 0.4) is 0 Å². The summed E-state index contributed by atoms with van der Waals surface area (Å²) in [6, 6.07) is 17.9. The molecule has 8 heteroatoms. The number of hydrogen-bond donors (Lipinski definition) is 1. The van der Waals surface area contributed by atoms with E-state index in [1.165, 1.54) is 11.1 Å². The van der Waals surface area contributed by atoms with Crippen LogP contribution in [0.15, 0.2) is 60.8 Å². The van der Waals surface area contributed by atoms with Crippen LogP contribution >= 0.6 is 23.2 Å². The maximum atomic E-state index is 9.01. The van der Waals surface area contributed by atoms with E-state index in [1.807, 2.05) is 42.6 Å². The topological polar surface area (TPSA) is 58.1 Å². The Balaban J connectivity index is 1.51. The van der Waals surface area contributed by atoms with Crippen molar-refractivity contribution >= 4 is 28.9 Å². The molecule has 1 aliphatic heterocycles. The van der Waals surface area contributed by atoms with Crippen molar-refractivity contribution in [3.05, 3.63) is 82.0 Å². The van der Waals surface area contributed by atoms with E-state index in [0.29, 0.717) is 16.7 Å². The second kappa shape index (κ2) is 11.8. The summed E-state index contributed by atoms with van der Waals surface area (Å²) >= 11 is 12.9. The summed E-state index contributed by atoms with van der Waals surface area (Å²) in [5.74, 6) is 1.28. The Labute approximate surface area is 210 Å². The van der Waals surface area contributed by atoms with Gasteiger partial charge >= 0.3 is 0 Å². The van der Waals surface area contributed by atoms with Crippen molar-refractivity contribution in [3.63, 3.8) is 0 Å². The second-order valence-corrected chi connectivity index (χ2v) is 9.05. The molecule has 1 atom stereocenters. The third-order valence-electron chi connectivity index (χ3n) is 6.03. The van der Waals surface area contributed by atoms with E-state index < -0.39 is 0 Å². The molecule has 1 fully saturated rings. The predicted octanol–water partition coefficient (Wildman–Crippen LogP) is 4.87. The van der Waals surface area contributed by atoms with Gasteiger partial charge in [-0.05, 0) is 41.8 Å². The zero-order chi connectivity index (χ0) is 23.9. The first-order valence-corrected chi connectivity index (χ1v) is 12.1. The van der Waals surface area contributed by atoms with Gasteiger partial charge in [-0.3, -0.25) is 4.90 Å². The second-order valence-electron chi connectivity index (χ2n) is 8.21. The molecular weight excluding hydrogens is 473 g/mol. The first-order chi connectivity index (χ1) is 16.6. The molecule has 180 valence electrons. The summed E-state index contributed by atoms with van der Waals surface area (Å²) in [5.41, 5.74) is 3.35. The maximum absolute atomic E-state index is 9.01. The molecule has 6 nitrogen and oxygen atoms in total. The number of pyridine rings is 1. The quantitative estimate of drug-likeness (QED) is 0.451. The molecule has 0 aliphatic carbocycles. The van der Waals surface area contributed by atoms with Crippen LogP contribution in [0.4, 0.5) is 5.69 Å². The molecule has 3 aromatic rings.